The molecule has 0 aliphatic carbocycles. The number of hydrogen-bond acceptors (Lipinski definition) is 4. The van der Waals surface area contributed by atoms with E-state index in [1.165, 1.54) is 12.1 Å². The number of aliphatic hydroxyl groups is 1. The molecule has 1 aliphatic rings. The molecule has 4 nitrogen and oxygen atoms in total. The highest BCUT2D eigenvalue weighted by atomic mass is 19.1. The van der Waals surface area contributed by atoms with Gasteiger partial charge >= 0.3 is 0 Å². The first-order valence-corrected chi connectivity index (χ1v) is 6.01. The molecule has 0 saturated carbocycles. The SMILES string of the molecule is COCC(CO)NCC1Cc2cc(F)ccc2O1. The predicted molar refractivity (Wildman–Crippen MR) is 65.3 cm³/mol. The monoisotopic (exact) mass is 255 g/mol. The second kappa shape index (κ2) is 6.13. The first-order valence-electron chi connectivity index (χ1n) is 6.01. The van der Waals surface area contributed by atoms with E-state index >= 15 is 0 Å². The molecule has 0 radical (unpaired) electrons. The Balaban J connectivity index is 1.84. The van der Waals surface area contributed by atoms with Gasteiger partial charge in [0.05, 0.1) is 19.3 Å². The van der Waals surface area contributed by atoms with Crippen molar-refractivity contribution in [3.05, 3.63) is 29.6 Å². The van der Waals surface area contributed by atoms with Gasteiger partial charge in [-0.05, 0) is 18.2 Å². The Morgan fingerprint density at radius 2 is 2.44 bits per heavy atom. The summed E-state index contributed by atoms with van der Waals surface area (Å²) in [5.41, 5.74) is 0.897. The molecule has 2 unspecified atom stereocenters. The van der Waals surface area contributed by atoms with Crippen LogP contribution in [0, 0.1) is 5.82 Å². The summed E-state index contributed by atoms with van der Waals surface area (Å²) in [5.74, 6) is 0.508. The quantitative estimate of drug-likeness (QED) is 0.786. The number of methoxy groups -OCH3 is 1. The van der Waals surface area contributed by atoms with Gasteiger partial charge in [0.15, 0.2) is 0 Å². The van der Waals surface area contributed by atoms with Gasteiger partial charge in [0.2, 0.25) is 0 Å². The average molecular weight is 255 g/mol. The molecular weight excluding hydrogens is 237 g/mol. The molecule has 1 aliphatic heterocycles. The maximum atomic E-state index is 13.0. The van der Waals surface area contributed by atoms with Gasteiger partial charge in [0, 0.05) is 25.6 Å². The molecule has 0 aromatic heterocycles. The first kappa shape index (κ1) is 13.3. The minimum Gasteiger partial charge on any atom is -0.488 e. The Labute approximate surface area is 106 Å². The number of halogens is 1. The molecule has 2 atom stereocenters. The van der Waals surface area contributed by atoms with Gasteiger partial charge in [0.25, 0.3) is 0 Å². The van der Waals surface area contributed by atoms with Crippen molar-refractivity contribution in [2.24, 2.45) is 0 Å². The highest BCUT2D eigenvalue weighted by molar-refractivity contribution is 5.37. The summed E-state index contributed by atoms with van der Waals surface area (Å²) in [6, 6.07) is 4.46. The van der Waals surface area contributed by atoms with E-state index < -0.39 is 0 Å². The molecule has 1 aromatic carbocycles. The molecule has 2 rings (SSSR count). The lowest BCUT2D eigenvalue weighted by molar-refractivity contribution is 0.119. The van der Waals surface area contributed by atoms with E-state index in [1.807, 2.05) is 0 Å². The van der Waals surface area contributed by atoms with Gasteiger partial charge in [-0.25, -0.2) is 4.39 Å². The van der Waals surface area contributed by atoms with Gasteiger partial charge in [0.1, 0.15) is 17.7 Å². The molecule has 1 heterocycles. The minimum atomic E-state index is -0.237. The fourth-order valence-corrected chi connectivity index (χ4v) is 2.08. The van der Waals surface area contributed by atoms with Crippen molar-refractivity contribution in [2.75, 3.05) is 26.9 Å². The zero-order valence-corrected chi connectivity index (χ0v) is 10.4. The normalized spacial score (nSPS) is 19.4. The zero-order valence-electron chi connectivity index (χ0n) is 10.4. The summed E-state index contributed by atoms with van der Waals surface area (Å²) in [5, 5.41) is 12.3. The van der Waals surface area contributed by atoms with E-state index in [1.54, 1.807) is 13.2 Å². The molecule has 100 valence electrons. The number of hydrogen-bond donors (Lipinski definition) is 2. The van der Waals surface area contributed by atoms with Crippen molar-refractivity contribution < 1.29 is 19.0 Å². The van der Waals surface area contributed by atoms with Crippen LogP contribution < -0.4 is 10.1 Å². The van der Waals surface area contributed by atoms with Crippen LogP contribution >= 0.6 is 0 Å². The first-order chi connectivity index (χ1) is 8.72. The van der Waals surface area contributed by atoms with Crippen molar-refractivity contribution in [1.29, 1.82) is 0 Å². The third kappa shape index (κ3) is 3.19. The molecule has 0 bridgehead atoms. The third-order valence-corrected chi connectivity index (χ3v) is 2.99. The number of fused-ring (bicyclic) bond motifs is 1. The van der Waals surface area contributed by atoms with Crippen molar-refractivity contribution in [2.45, 2.75) is 18.6 Å². The number of aliphatic hydroxyl groups excluding tert-OH is 1. The van der Waals surface area contributed by atoms with Gasteiger partial charge in [-0.1, -0.05) is 0 Å². The second-order valence-electron chi connectivity index (χ2n) is 4.44. The highest BCUT2D eigenvalue weighted by Crippen LogP contribution is 2.28. The van der Waals surface area contributed by atoms with Crippen LogP contribution in [0.4, 0.5) is 4.39 Å². The van der Waals surface area contributed by atoms with E-state index in [9.17, 15) is 4.39 Å². The molecule has 0 amide bonds. The second-order valence-corrected chi connectivity index (χ2v) is 4.44. The Morgan fingerprint density at radius 3 is 3.17 bits per heavy atom. The van der Waals surface area contributed by atoms with E-state index in [2.05, 4.69) is 5.32 Å². The van der Waals surface area contributed by atoms with Crippen LogP contribution in [0.5, 0.6) is 5.75 Å². The fourth-order valence-electron chi connectivity index (χ4n) is 2.08. The number of rotatable bonds is 6. The molecule has 0 fully saturated rings. The zero-order chi connectivity index (χ0) is 13.0. The summed E-state index contributed by atoms with van der Waals surface area (Å²) in [6.07, 6.45) is 0.665. The van der Waals surface area contributed by atoms with Gasteiger partial charge in [-0.15, -0.1) is 0 Å². The Bertz CT molecular complexity index is 400. The van der Waals surface area contributed by atoms with Crippen molar-refractivity contribution in [1.82, 2.24) is 5.32 Å². The average Bonchev–Trinajstić information content (AvgIpc) is 2.76. The lowest BCUT2D eigenvalue weighted by Crippen LogP contribution is -2.42. The summed E-state index contributed by atoms with van der Waals surface area (Å²) in [6.45, 7) is 1.07. The molecule has 0 saturated heterocycles. The van der Waals surface area contributed by atoms with E-state index in [0.29, 0.717) is 19.6 Å². The summed E-state index contributed by atoms with van der Waals surface area (Å²) in [4.78, 5) is 0. The maximum Gasteiger partial charge on any atom is 0.123 e. The fraction of sp³-hybridized carbons (Fsp3) is 0.538. The number of ether oxygens (including phenoxy) is 2. The molecule has 5 heteroatoms. The van der Waals surface area contributed by atoms with Crippen LogP contribution in [0.2, 0.25) is 0 Å². The lowest BCUT2D eigenvalue weighted by Gasteiger charge is -2.18. The Hall–Kier alpha value is -1.17. The van der Waals surface area contributed by atoms with Crippen LogP contribution in [0.3, 0.4) is 0 Å². The van der Waals surface area contributed by atoms with Crippen LogP contribution in [-0.4, -0.2) is 44.1 Å². The van der Waals surface area contributed by atoms with Crippen LogP contribution in [0.1, 0.15) is 5.56 Å². The molecule has 0 spiro atoms. The standard InChI is InChI=1S/C13H18FNO3/c1-17-8-11(7-16)15-6-12-5-9-4-10(14)2-3-13(9)18-12/h2-4,11-12,15-16H,5-8H2,1H3. The van der Waals surface area contributed by atoms with E-state index in [0.717, 1.165) is 11.3 Å². The Kier molecular flexibility index (Phi) is 4.52. The Morgan fingerprint density at radius 1 is 1.61 bits per heavy atom. The van der Waals surface area contributed by atoms with Crippen molar-refractivity contribution in [3.63, 3.8) is 0 Å². The van der Waals surface area contributed by atoms with Crippen molar-refractivity contribution >= 4 is 0 Å². The molecule has 18 heavy (non-hydrogen) atoms. The van der Waals surface area contributed by atoms with Gasteiger partial charge in [-0.3, -0.25) is 0 Å². The van der Waals surface area contributed by atoms with Gasteiger partial charge < -0.3 is 19.9 Å². The van der Waals surface area contributed by atoms with E-state index in [4.69, 9.17) is 14.6 Å². The van der Waals surface area contributed by atoms with Gasteiger partial charge in [-0.2, -0.15) is 0 Å². The topological polar surface area (TPSA) is 50.7 Å². The van der Waals surface area contributed by atoms with Crippen LogP contribution in [0.15, 0.2) is 18.2 Å². The summed E-state index contributed by atoms with van der Waals surface area (Å²) in [7, 11) is 1.59. The largest absolute Gasteiger partial charge is 0.488 e. The smallest absolute Gasteiger partial charge is 0.123 e. The molecule has 1 aromatic rings. The summed E-state index contributed by atoms with van der Waals surface area (Å²) >= 11 is 0. The molecular formula is C13H18FNO3. The maximum absolute atomic E-state index is 13.0. The summed E-state index contributed by atoms with van der Waals surface area (Å²) < 4.78 is 23.7. The molecule has 2 N–H and O–H groups in total. The number of nitrogens with one attached hydrogen (secondary N) is 1. The van der Waals surface area contributed by atoms with Crippen LogP contribution in [0.25, 0.3) is 0 Å². The predicted octanol–water partition coefficient (Wildman–Crippen LogP) is 0.726. The highest BCUT2D eigenvalue weighted by Gasteiger charge is 2.23. The van der Waals surface area contributed by atoms with Crippen LogP contribution in [-0.2, 0) is 11.2 Å². The third-order valence-electron chi connectivity index (χ3n) is 2.99. The van der Waals surface area contributed by atoms with Crippen molar-refractivity contribution in [3.8, 4) is 5.75 Å². The minimum absolute atomic E-state index is 0.0160. The lowest BCUT2D eigenvalue weighted by atomic mass is 10.1. The number of benzene rings is 1. The van der Waals surface area contributed by atoms with E-state index in [-0.39, 0.29) is 24.6 Å².